The molecule has 7 heteroatoms. The van der Waals surface area contributed by atoms with Gasteiger partial charge in [0.2, 0.25) is 6.29 Å². The molecule has 4 N–H and O–H groups in total. The molecule has 5 unspecified atom stereocenters. The van der Waals surface area contributed by atoms with Gasteiger partial charge in [0.05, 0.1) is 12.2 Å². The third-order valence-electron chi connectivity index (χ3n) is 3.08. The van der Waals surface area contributed by atoms with Crippen molar-refractivity contribution in [2.24, 2.45) is 0 Å². The zero-order valence-electron chi connectivity index (χ0n) is 10.5. The Morgan fingerprint density at radius 3 is 2.35 bits per heavy atom. The molecule has 0 aliphatic carbocycles. The average molecular weight is 284 g/mol. The molecule has 20 heavy (non-hydrogen) atoms. The number of esters is 1. The van der Waals surface area contributed by atoms with Crippen molar-refractivity contribution in [2.45, 2.75) is 30.7 Å². The predicted octanol–water partition coefficient (Wildman–Crippen LogP) is -1.36. The molecule has 2 rings (SSSR count). The van der Waals surface area contributed by atoms with Gasteiger partial charge < -0.3 is 29.9 Å². The highest BCUT2D eigenvalue weighted by molar-refractivity contribution is 5.89. The minimum absolute atomic E-state index is 0.254. The maximum atomic E-state index is 11.8. The second-order valence-electron chi connectivity index (χ2n) is 4.47. The van der Waals surface area contributed by atoms with Crippen LogP contribution in [0.1, 0.15) is 10.4 Å². The molecule has 1 heterocycles. The van der Waals surface area contributed by atoms with E-state index < -0.39 is 43.3 Å². The topological polar surface area (TPSA) is 116 Å². The zero-order valence-corrected chi connectivity index (χ0v) is 10.5. The number of hydrogen-bond acceptors (Lipinski definition) is 7. The van der Waals surface area contributed by atoms with E-state index in [2.05, 4.69) is 0 Å². The van der Waals surface area contributed by atoms with E-state index in [1.165, 1.54) is 12.1 Å². The molecule has 0 bridgehead atoms. The Hall–Kier alpha value is -1.51. The Bertz CT molecular complexity index is 447. The molecule has 1 fully saturated rings. The van der Waals surface area contributed by atoms with Gasteiger partial charge in [0, 0.05) is 0 Å². The Labute approximate surface area is 115 Å². The van der Waals surface area contributed by atoms with Crippen LogP contribution < -0.4 is 0 Å². The highest BCUT2D eigenvalue weighted by Gasteiger charge is 2.45. The smallest absolute Gasteiger partial charge is 0.340 e. The summed E-state index contributed by atoms with van der Waals surface area (Å²) in [6.45, 7) is -0.579. The number of carbonyl (C=O) groups is 1. The lowest BCUT2D eigenvalue weighted by atomic mass is 9.99. The van der Waals surface area contributed by atoms with E-state index in [4.69, 9.17) is 14.6 Å². The number of ether oxygens (including phenoxy) is 2. The first-order valence-corrected chi connectivity index (χ1v) is 6.11. The molecule has 1 aromatic carbocycles. The largest absolute Gasteiger partial charge is 0.429 e. The van der Waals surface area contributed by atoms with Crippen LogP contribution in [0.25, 0.3) is 0 Å². The quantitative estimate of drug-likeness (QED) is 0.507. The van der Waals surface area contributed by atoms with Gasteiger partial charge in [-0.15, -0.1) is 0 Å². The molecule has 1 aliphatic heterocycles. The summed E-state index contributed by atoms with van der Waals surface area (Å²) in [4.78, 5) is 11.8. The maximum absolute atomic E-state index is 11.8. The van der Waals surface area contributed by atoms with E-state index in [9.17, 15) is 20.1 Å². The Kier molecular flexibility index (Phi) is 4.69. The standard InChI is InChI=1S/C13H16O7/c14-6-8-9(15)10(16)11(17)13(19-8)20-12(18)7-4-2-1-3-5-7/h1-5,8-11,13-17H,6H2. The normalized spacial score (nSPS) is 33.7. The van der Waals surface area contributed by atoms with Gasteiger partial charge in [-0.25, -0.2) is 4.79 Å². The van der Waals surface area contributed by atoms with E-state index >= 15 is 0 Å². The van der Waals surface area contributed by atoms with Crippen molar-refractivity contribution < 1.29 is 34.7 Å². The van der Waals surface area contributed by atoms with Crippen LogP contribution in [0.4, 0.5) is 0 Å². The van der Waals surface area contributed by atoms with Crippen molar-refractivity contribution in [3.8, 4) is 0 Å². The molecular formula is C13H16O7. The summed E-state index contributed by atoms with van der Waals surface area (Å²) in [5.74, 6) is -0.741. The van der Waals surface area contributed by atoms with E-state index in [0.29, 0.717) is 0 Å². The van der Waals surface area contributed by atoms with E-state index in [1.807, 2.05) is 0 Å². The monoisotopic (exact) mass is 284 g/mol. The first-order valence-electron chi connectivity index (χ1n) is 6.11. The summed E-state index contributed by atoms with van der Waals surface area (Å²) in [5.41, 5.74) is 0.254. The van der Waals surface area contributed by atoms with E-state index in [0.717, 1.165) is 0 Å². The third-order valence-corrected chi connectivity index (χ3v) is 3.08. The number of aliphatic hydroxyl groups excluding tert-OH is 4. The number of carbonyl (C=O) groups excluding carboxylic acids is 1. The van der Waals surface area contributed by atoms with Crippen molar-refractivity contribution in [2.75, 3.05) is 6.61 Å². The fourth-order valence-electron chi connectivity index (χ4n) is 1.91. The number of benzene rings is 1. The van der Waals surface area contributed by atoms with Gasteiger partial charge in [-0.1, -0.05) is 18.2 Å². The van der Waals surface area contributed by atoms with Crippen molar-refractivity contribution >= 4 is 5.97 Å². The lowest BCUT2D eigenvalue weighted by Gasteiger charge is -2.39. The summed E-state index contributed by atoms with van der Waals surface area (Å²) in [5, 5.41) is 37.9. The fraction of sp³-hybridized carbons (Fsp3) is 0.462. The van der Waals surface area contributed by atoms with Gasteiger partial charge in [0.1, 0.15) is 24.4 Å². The highest BCUT2D eigenvalue weighted by Crippen LogP contribution is 2.22. The summed E-state index contributed by atoms with van der Waals surface area (Å²) in [6.07, 6.45) is -7.23. The minimum Gasteiger partial charge on any atom is -0.429 e. The molecule has 0 radical (unpaired) electrons. The Morgan fingerprint density at radius 2 is 1.75 bits per heavy atom. The van der Waals surface area contributed by atoms with Gasteiger partial charge >= 0.3 is 5.97 Å². The Balaban J connectivity index is 2.06. The fourth-order valence-corrected chi connectivity index (χ4v) is 1.91. The average Bonchev–Trinajstić information content (AvgIpc) is 2.48. The van der Waals surface area contributed by atoms with Crippen LogP contribution in [-0.4, -0.2) is 63.7 Å². The maximum Gasteiger partial charge on any atom is 0.340 e. The Morgan fingerprint density at radius 1 is 1.10 bits per heavy atom. The van der Waals surface area contributed by atoms with Crippen molar-refractivity contribution in [1.82, 2.24) is 0 Å². The van der Waals surface area contributed by atoms with E-state index in [1.54, 1.807) is 18.2 Å². The summed E-state index contributed by atoms with van der Waals surface area (Å²) >= 11 is 0. The molecular weight excluding hydrogens is 268 g/mol. The number of aliphatic hydroxyl groups is 4. The van der Waals surface area contributed by atoms with Crippen LogP contribution in [0.2, 0.25) is 0 Å². The van der Waals surface area contributed by atoms with Crippen LogP contribution >= 0.6 is 0 Å². The second kappa shape index (κ2) is 6.29. The number of hydrogen-bond donors (Lipinski definition) is 4. The van der Waals surface area contributed by atoms with Crippen molar-refractivity contribution in [3.63, 3.8) is 0 Å². The summed E-state index contributed by atoms with van der Waals surface area (Å²) in [7, 11) is 0. The van der Waals surface area contributed by atoms with Crippen LogP contribution in [-0.2, 0) is 9.47 Å². The molecule has 0 spiro atoms. The molecule has 5 atom stereocenters. The van der Waals surface area contributed by atoms with Crippen LogP contribution in [0, 0.1) is 0 Å². The molecule has 0 aromatic heterocycles. The second-order valence-corrected chi connectivity index (χ2v) is 4.47. The van der Waals surface area contributed by atoms with Crippen molar-refractivity contribution in [1.29, 1.82) is 0 Å². The molecule has 1 saturated heterocycles. The lowest BCUT2D eigenvalue weighted by Crippen LogP contribution is -2.59. The molecule has 0 amide bonds. The van der Waals surface area contributed by atoms with Crippen LogP contribution in [0.3, 0.4) is 0 Å². The molecule has 7 nitrogen and oxygen atoms in total. The van der Waals surface area contributed by atoms with Crippen LogP contribution in [0.5, 0.6) is 0 Å². The van der Waals surface area contributed by atoms with E-state index in [-0.39, 0.29) is 5.56 Å². The molecule has 1 aliphatic rings. The molecule has 0 saturated carbocycles. The first-order chi connectivity index (χ1) is 9.54. The van der Waals surface area contributed by atoms with Crippen LogP contribution in [0.15, 0.2) is 30.3 Å². The SMILES string of the molecule is O=C(OC1OC(CO)C(O)C(O)C1O)c1ccccc1. The lowest BCUT2D eigenvalue weighted by molar-refractivity contribution is -0.285. The molecule has 1 aromatic rings. The highest BCUT2D eigenvalue weighted by atomic mass is 16.7. The molecule has 110 valence electrons. The van der Waals surface area contributed by atoms with Gasteiger partial charge in [0.15, 0.2) is 0 Å². The van der Waals surface area contributed by atoms with Gasteiger partial charge in [-0.2, -0.15) is 0 Å². The predicted molar refractivity (Wildman–Crippen MR) is 65.6 cm³/mol. The van der Waals surface area contributed by atoms with Gasteiger partial charge in [-0.05, 0) is 12.1 Å². The number of rotatable bonds is 3. The zero-order chi connectivity index (χ0) is 14.7. The summed E-state index contributed by atoms with van der Waals surface area (Å²) < 4.78 is 10.0. The van der Waals surface area contributed by atoms with Gasteiger partial charge in [0.25, 0.3) is 0 Å². The third kappa shape index (κ3) is 2.97. The van der Waals surface area contributed by atoms with Gasteiger partial charge in [-0.3, -0.25) is 0 Å². The summed E-state index contributed by atoms with van der Waals surface area (Å²) in [6, 6.07) is 8.05. The van der Waals surface area contributed by atoms with Crippen molar-refractivity contribution in [3.05, 3.63) is 35.9 Å². The first kappa shape index (κ1) is 14.9. The minimum atomic E-state index is -1.60.